The number of benzene rings is 2. The minimum absolute atomic E-state index is 0.0694. The second-order valence-electron chi connectivity index (χ2n) is 6.94. The molecule has 0 bridgehead atoms. The van der Waals surface area contributed by atoms with Crippen LogP contribution in [-0.4, -0.2) is 56.1 Å². The van der Waals surface area contributed by atoms with Crippen molar-refractivity contribution in [2.24, 2.45) is 0 Å². The highest BCUT2D eigenvalue weighted by Crippen LogP contribution is 2.19. The third-order valence-corrected chi connectivity index (χ3v) is 4.45. The van der Waals surface area contributed by atoms with Gasteiger partial charge in [-0.15, -0.1) is 0 Å². The summed E-state index contributed by atoms with van der Waals surface area (Å²) in [5.74, 6) is -0.0694. The van der Waals surface area contributed by atoms with E-state index in [-0.39, 0.29) is 5.91 Å². The van der Waals surface area contributed by atoms with Gasteiger partial charge in [0, 0.05) is 37.4 Å². The lowest BCUT2D eigenvalue weighted by Crippen LogP contribution is -2.35. The van der Waals surface area contributed by atoms with Crippen LogP contribution in [0.1, 0.15) is 21.5 Å². The molecule has 0 aromatic heterocycles. The lowest BCUT2D eigenvalue weighted by Gasteiger charge is -2.27. The fraction of sp³-hybridized carbons (Fsp3) is 0.381. The number of hydrogen-bond acceptors (Lipinski definition) is 4. The average Bonchev–Trinajstić information content (AvgIpc) is 2.64. The van der Waals surface area contributed by atoms with Gasteiger partial charge in [0.05, 0.1) is 13.2 Å². The Morgan fingerprint density at radius 1 is 1.12 bits per heavy atom. The van der Waals surface area contributed by atoms with Crippen LogP contribution in [0.25, 0.3) is 0 Å². The maximum Gasteiger partial charge on any atom is 0.255 e. The van der Waals surface area contributed by atoms with E-state index in [1.165, 1.54) is 0 Å². The number of hydrogen-bond donors (Lipinski definition) is 1. The van der Waals surface area contributed by atoms with Crippen molar-refractivity contribution in [1.29, 1.82) is 0 Å². The van der Waals surface area contributed by atoms with Crippen LogP contribution >= 0.6 is 0 Å². The number of para-hydroxylation sites is 1. The zero-order valence-electron chi connectivity index (χ0n) is 15.6. The molecule has 3 rings (SSSR count). The molecule has 26 heavy (non-hydrogen) atoms. The molecular formula is C21H27N3O2. The van der Waals surface area contributed by atoms with Crippen LogP contribution in [-0.2, 0) is 17.8 Å². The van der Waals surface area contributed by atoms with Gasteiger partial charge in [-0.2, -0.15) is 0 Å². The van der Waals surface area contributed by atoms with Gasteiger partial charge >= 0.3 is 0 Å². The van der Waals surface area contributed by atoms with E-state index in [2.05, 4.69) is 21.2 Å². The summed E-state index contributed by atoms with van der Waals surface area (Å²) in [4.78, 5) is 17.2. The SMILES string of the molecule is CN(C)Cc1cccc(C(=O)Nc2ccccc2CN2CCOCC2)c1. The monoisotopic (exact) mass is 353 g/mol. The van der Waals surface area contributed by atoms with Crippen molar-refractivity contribution >= 4 is 11.6 Å². The number of nitrogens with one attached hydrogen (secondary N) is 1. The van der Waals surface area contributed by atoms with Gasteiger partial charge in [-0.3, -0.25) is 9.69 Å². The molecule has 1 N–H and O–H groups in total. The van der Waals surface area contributed by atoms with Crippen molar-refractivity contribution in [3.05, 3.63) is 65.2 Å². The summed E-state index contributed by atoms with van der Waals surface area (Å²) in [5, 5.41) is 3.09. The maximum atomic E-state index is 12.7. The molecule has 5 nitrogen and oxygen atoms in total. The van der Waals surface area contributed by atoms with Gasteiger partial charge in [-0.1, -0.05) is 30.3 Å². The number of ether oxygens (including phenoxy) is 1. The maximum absolute atomic E-state index is 12.7. The standard InChI is InChI=1S/C21H27N3O2/c1-23(2)15-17-6-5-8-18(14-17)21(25)22-20-9-4-3-7-19(20)16-24-10-12-26-13-11-24/h3-9,14H,10-13,15-16H2,1-2H3,(H,22,25). The van der Waals surface area contributed by atoms with Gasteiger partial charge in [-0.05, 0) is 43.4 Å². The molecule has 1 fully saturated rings. The molecule has 0 atom stereocenters. The van der Waals surface area contributed by atoms with E-state index >= 15 is 0 Å². The van der Waals surface area contributed by atoms with Gasteiger partial charge in [0.2, 0.25) is 0 Å². The Hall–Kier alpha value is -2.21. The molecule has 1 amide bonds. The van der Waals surface area contributed by atoms with E-state index in [1.54, 1.807) is 0 Å². The summed E-state index contributed by atoms with van der Waals surface area (Å²) in [6.07, 6.45) is 0. The summed E-state index contributed by atoms with van der Waals surface area (Å²) < 4.78 is 5.41. The summed E-state index contributed by atoms with van der Waals surface area (Å²) >= 11 is 0. The Labute approximate surface area is 155 Å². The molecule has 0 spiro atoms. The Balaban J connectivity index is 1.71. The van der Waals surface area contributed by atoms with Crippen LogP contribution in [0, 0.1) is 0 Å². The summed E-state index contributed by atoms with van der Waals surface area (Å²) in [5.41, 5.74) is 3.82. The molecular weight excluding hydrogens is 326 g/mol. The smallest absolute Gasteiger partial charge is 0.255 e. The molecule has 138 valence electrons. The number of morpholine rings is 1. The van der Waals surface area contributed by atoms with Crippen LogP contribution in [0.4, 0.5) is 5.69 Å². The quantitative estimate of drug-likeness (QED) is 0.867. The topological polar surface area (TPSA) is 44.8 Å². The summed E-state index contributed by atoms with van der Waals surface area (Å²) in [6.45, 7) is 5.03. The van der Waals surface area contributed by atoms with Crippen LogP contribution in [0.5, 0.6) is 0 Å². The predicted molar refractivity (Wildman–Crippen MR) is 104 cm³/mol. The number of anilines is 1. The van der Waals surface area contributed by atoms with Crippen molar-refractivity contribution in [2.45, 2.75) is 13.1 Å². The second-order valence-corrected chi connectivity index (χ2v) is 6.94. The molecule has 0 unspecified atom stereocenters. The molecule has 1 aliphatic heterocycles. The number of carbonyl (C=O) groups is 1. The summed E-state index contributed by atoms with van der Waals surface area (Å²) in [6, 6.07) is 15.8. The molecule has 0 radical (unpaired) electrons. The highest BCUT2D eigenvalue weighted by atomic mass is 16.5. The zero-order valence-corrected chi connectivity index (χ0v) is 15.6. The molecule has 5 heteroatoms. The number of nitrogens with zero attached hydrogens (tertiary/aromatic N) is 2. The minimum Gasteiger partial charge on any atom is -0.379 e. The molecule has 1 aliphatic rings. The van der Waals surface area contributed by atoms with E-state index in [0.29, 0.717) is 5.56 Å². The lowest BCUT2D eigenvalue weighted by molar-refractivity contribution is 0.0342. The average molecular weight is 353 g/mol. The number of amides is 1. The van der Waals surface area contributed by atoms with Crippen LogP contribution in [0.2, 0.25) is 0 Å². The molecule has 1 heterocycles. The molecule has 0 aliphatic carbocycles. The third-order valence-electron chi connectivity index (χ3n) is 4.45. The third kappa shape index (κ3) is 5.14. The fourth-order valence-electron chi connectivity index (χ4n) is 3.15. The molecule has 1 saturated heterocycles. The van der Waals surface area contributed by atoms with E-state index in [4.69, 9.17) is 4.74 Å². The Morgan fingerprint density at radius 3 is 2.65 bits per heavy atom. The van der Waals surface area contributed by atoms with E-state index < -0.39 is 0 Å². The van der Waals surface area contributed by atoms with Gasteiger partial charge in [0.15, 0.2) is 0 Å². The predicted octanol–water partition coefficient (Wildman–Crippen LogP) is 2.83. The highest BCUT2D eigenvalue weighted by Gasteiger charge is 2.14. The molecule has 2 aromatic rings. The van der Waals surface area contributed by atoms with Crippen molar-refractivity contribution in [1.82, 2.24) is 9.80 Å². The normalized spacial score (nSPS) is 15.2. The first-order valence-corrected chi connectivity index (χ1v) is 9.05. The molecule has 2 aromatic carbocycles. The first kappa shape index (κ1) is 18.6. The van der Waals surface area contributed by atoms with Crippen molar-refractivity contribution in [2.75, 3.05) is 45.7 Å². The Bertz CT molecular complexity index is 740. The van der Waals surface area contributed by atoms with Crippen molar-refractivity contribution in [3.8, 4) is 0 Å². The number of rotatable bonds is 6. The Morgan fingerprint density at radius 2 is 1.88 bits per heavy atom. The largest absolute Gasteiger partial charge is 0.379 e. The number of carbonyl (C=O) groups excluding carboxylic acids is 1. The van der Waals surface area contributed by atoms with Gasteiger partial charge < -0.3 is 15.0 Å². The van der Waals surface area contributed by atoms with Gasteiger partial charge in [0.1, 0.15) is 0 Å². The van der Waals surface area contributed by atoms with Gasteiger partial charge in [0.25, 0.3) is 5.91 Å². The minimum atomic E-state index is -0.0694. The van der Waals surface area contributed by atoms with Gasteiger partial charge in [-0.25, -0.2) is 0 Å². The highest BCUT2D eigenvalue weighted by molar-refractivity contribution is 6.04. The van der Waals surface area contributed by atoms with E-state index in [1.807, 2.05) is 56.6 Å². The van der Waals surface area contributed by atoms with Crippen LogP contribution < -0.4 is 5.32 Å². The Kier molecular flexibility index (Phi) is 6.39. The van der Waals surface area contributed by atoms with E-state index in [0.717, 1.165) is 56.2 Å². The molecule has 0 saturated carbocycles. The fourth-order valence-corrected chi connectivity index (χ4v) is 3.15. The van der Waals surface area contributed by atoms with Crippen molar-refractivity contribution in [3.63, 3.8) is 0 Å². The lowest BCUT2D eigenvalue weighted by atomic mass is 10.1. The first-order valence-electron chi connectivity index (χ1n) is 9.05. The van der Waals surface area contributed by atoms with E-state index in [9.17, 15) is 4.79 Å². The van der Waals surface area contributed by atoms with Crippen LogP contribution in [0.15, 0.2) is 48.5 Å². The first-order chi connectivity index (χ1) is 12.6. The van der Waals surface area contributed by atoms with Crippen molar-refractivity contribution < 1.29 is 9.53 Å². The zero-order chi connectivity index (χ0) is 18.4. The summed E-state index contributed by atoms with van der Waals surface area (Å²) in [7, 11) is 4.04. The van der Waals surface area contributed by atoms with Crippen LogP contribution in [0.3, 0.4) is 0 Å². The second kappa shape index (κ2) is 8.94.